The Balaban J connectivity index is 1.20. The van der Waals surface area contributed by atoms with Gasteiger partial charge in [-0.15, -0.1) is 23.1 Å². The van der Waals surface area contributed by atoms with Crippen molar-refractivity contribution in [2.45, 2.75) is 49.9 Å². The number of thiophene rings is 1. The molecular formula is C46H48N4O8S2. The number of carbonyl (C=O) groups excluding carboxylic acids is 4. The molecule has 3 N–H and O–H groups in total. The first-order valence-corrected chi connectivity index (χ1v) is 21.2. The van der Waals surface area contributed by atoms with E-state index in [-0.39, 0.29) is 18.2 Å². The van der Waals surface area contributed by atoms with Crippen LogP contribution in [0.25, 0.3) is 6.08 Å². The van der Waals surface area contributed by atoms with Crippen LogP contribution in [-0.2, 0) is 33.8 Å². The number of thioether (sulfide) groups is 1. The van der Waals surface area contributed by atoms with E-state index >= 15 is 0 Å². The van der Waals surface area contributed by atoms with Crippen molar-refractivity contribution in [3.8, 4) is 17.2 Å². The molecule has 1 aromatic heterocycles. The molecule has 0 bridgehead atoms. The van der Waals surface area contributed by atoms with Crippen LogP contribution in [0.4, 0.5) is 10.7 Å². The van der Waals surface area contributed by atoms with E-state index in [1.807, 2.05) is 31.2 Å². The van der Waals surface area contributed by atoms with Gasteiger partial charge in [-0.3, -0.25) is 19.3 Å². The van der Waals surface area contributed by atoms with E-state index in [0.29, 0.717) is 64.0 Å². The number of hydrogen-bond donors (Lipinski definition) is 3. The fourth-order valence-corrected chi connectivity index (χ4v) is 9.02. The van der Waals surface area contributed by atoms with Crippen molar-refractivity contribution in [3.63, 3.8) is 0 Å². The number of esters is 1. The zero-order chi connectivity index (χ0) is 42.6. The average Bonchev–Trinajstić information content (AvgIpc) is 3.62. The standard InChI is InChI=1S/C46H48N4O8S2/c1-6-39(44(53)49-45-41(46(54)58-7-2)34-21-22-50(28-40(34)60-45)27-29-15-10-8-11-16-29)59-33-20-14-19-32(25-33)47-43(52)35(48-42(51)30-17-12-9-13-18-30)23-31-24-37(56-4)38(57-5)26-36(31)55-3/h8-20,23-26,39H,6-7,21-22,27-28H2,1-5H3,(H,47,52)(H,48,51)(H,49,53)/b35-23+. The van der Waals surface area contributed by atoms with Gasteiger partial charge in [-0.2, -0.15) is 0 Å². The SMILES string of the molecule is CCOC(=O)c1c(NC(=O)C(CC)Sc2cccc(NC(=O)/C(=C\c3cc(OC)c(OC)cc3OC)NC(=O)c3ccccc3)c2)sc2c1CCN(Cc1ccccc1)C2. The summed E-state index contributed by atoms with van der Waals surface area (Å²) in [7, 11) is 4.49. The topological polar surface area (TPSA) is 145 Å². The number of benzene rings is 4. The zero-order valence-corrected chi connectivity index (χ0v) is 35.8. The van der Waals surface area contributed by atoms with Crippen LogP contribution in [0.15, 0.2) is 108 Å². The van der Waals surface area contributed by atoms with Crippen LogP contribution in [0.3, 0.4) is 0 Å². The van der Waals surface area contributed by atoms with Crippen LogP contribution < -0.4 is 30.2 Å². The van der Waals surface area contributed by atoms with Crippen LogP contribution in [0, 0.1) is 0 Å². The Morgan fingerprint density at radius 3 is 2.22 bits per heavy atom. The molecule has 3 amide bonds. The summed E-state index contributed by atoms with van der Waals surface area (Å²) in [5, 5.41) is 8.70. The number of rotatable bonds is 17. The lowest BCUT2D eigenvalue weighted by molar-refractivity contribution is -0.116. The predicted octanol–water partition coefficient (Wildman–Crippen LogP) is 8.43. The van der Waals surface area contributed by atoms with E-state index in [2.05, 4.69) is 33.0 Å². The van der Waals surface area contributed by atoms with Gasteiger partial charge >= 0.3 is 5.97 Å². The number of methoxy groups -OCH3 is 3. The lowest BCUT2D eigenvalue weighted by Gasteiger charge is -2.27. The van der Waals surface area contributed by atoms with Gasteiger partial charge in [-0.25, -0.2) is 4.79 Å². The van der Waals surface area contributed by atoms with E-state index in [1.165, 1.54) is 56.1 Å². The fourth-order valence-electron chi connectivity index (χ4n) is 6.73. The molecule has 312 valence electrons. The van der Waals surface area contributed by atoms with Gasteiger partial charge in [0.1, 0.15) is 16.4 Å². The molecule has 1 atom stereocenters. The van der Waals surface area contributed by atoms with Gasteiger partial charge in [-0.05, 0) is 73.4 Å². The molecule has 0 spiro atoms. The van der Waals surface area contributed by atoms with Crippen molar-refractivity contribution >= 4 is 63.6 Å². The quantitative estimate of drug-likeness (QED) is 0.0474. The third-order valence-corrected chi connectivity index (χ3v) is 12.2. The van der Waals surface area contributed by atoms with Gasteiger partial charge in [0.2, 0.25) is 5.91 Å². The molecule has 0 saturated heterocycles. The lowest BCUT2D eigenvalue weighted by Crippen LogP contribution is -2.30. The number of nitrogens with one attached hydrogen (secondary N) is 3. The van der Waals surface area contributed by atoms with Gasteiger partial charge < -0.3 is 34.9 Å². The Morgan fingerprint density at radius 2 is 1.53 bits per heavy atom. The molecule has 12 nitrogen and oxygen atoms in total. The molecule has 4 aromatic carbocycles. The van der Waals surface area contributed by atoms with Crippen molar-refractivity contribution in [1.82, 2.24) is 10.2 Å². The molecule has 6 rings (SSSR count). The fraction of sp³-hybridized carbons (Fsp3) is 0.261. The highest BCUT2D eigenvalue weighted by Gasteiger charge is 2.31. The normalized spacial score (nSPS) is 13.1. The average molecular weight is 849 g/mol. The van der Waals surface area contributed by atoms with E-state index < -0.39 is 23.0 Å². The second-order valence-corrected chi connectivity index (χ2v) is 16.1. The Bertz CT molecular complexity index is 2350. The number of ether oxygens (including phenoxy) is 4. The summed E-state index contributed by atoms with van der Waals surface area (Å²) in [5.74, 6) is -0.559. The third kappa shape index (κ3) is 10.7. The molecule has 2 heterocycles. The lowest BCUT2D eigenvalue weighted by atomic mass is 10.0. The van der Waals surface area contributed by atoms with Crippen molar-refractivity contribution < 1.29 is 38.1 Å². The predicted molar refractivity (Wildman–Crippen MR) is 236 cm³/mol. The molecule has 1 unspecified atom stereocenters. The minimum absolute atomic E-state index is 0.0579. The van der Waals surface area contributed by atoms with Gasteiger partial charge in [0.15, 0.2) is 11.5 Å². The number of nitrogens with zero attached hydrogens (tertiary/aromatic N) is 1. The number of fused-ring (bicyclic) bond motifs is 1. The van der Waals surface area contributed by atoms with Gasteiger partial charge in [0, 0.05) is 52.3 Å². The Kier molecular flexibility index (Phi) is 15.0. The Morgan fingerprint density at radius 1 is 0.833 bits per heavy atom. The molecule has 1 aliphatic heterocycles. The maximum atomic E-state index is 14.0. The Hall–Kier alpha value is -6.09. The summed E-state index contributed by atoms with van der Waals surface area (Å²) in [5.41, 5.74) is 3.78. The number of carbonyl (C=O) groups is 4. The molecule has 0 saturated carbocycles. The first-order valence-electron chi connectivity index (χ1n) is 19.5. The van der Waals surface area contributed by atoms with Crippen molar-refractivity contribution in [2.75, 3.05) is 45.1 Å². The number of hydrogen-bond acceptors (Lipinski definition) is 11. The molecule has 14 heteroatoms. The summed E-state index contributed by atoms with van der Waals surface area (Å²) in [4.78, 5) is 58.7. The molecule has 0 radical (unpaired) electrons. The summed E-state index contributed by atoms with van der Waals surface area (Å²) >= 11 is 2.77. The van der Waals surface area contributed by atoms with E-state index in [4.69, 9.17) is 18.9 Å². The van der Waals surface area contributed by atoms with Crippen molar-refractivity contribution in [2.24, 2.45) is 0 Å². The number of amides is 3. The molecular weight excluding hydrogens is 801 g/mol. The summed E-state index contributed by atoms with van der Waals surface area (Å²) in [6, 6.07) is 29.2. The van der Waals surface area contributed by atoms with Crippen LogP contribution in [0.2, 0.25) is 0 Å². The van der Waals surface area contributed by atoms with Crippen LogP contribution >= 0.6 is 23.1 Å². The minimum atomic E-state index is -0.599. The van der Waals surface area contributed by atoms with E-state index in [9.17, 15) is 19.2 Å². The minimum Gasteiger partial charge on any atom is -0.496 e. The smallest absolute Gasteiger partial charge is 0.341 e. The molecule has 0 aliphatic carbocycles. The Labute approximate surface area is 358 Å². The monoisotopic (exact) mass is 848 g/mol. The highest BCUT2D eigenvalue weighted by molar-refractivity contribution is 8.00. The van der Waals surface area contributed by atoms with Gasteiger partial charge in [-0.1, -0.05) is 61.5 Å². The highest BCUT2D eigenvalue weighted by atomic mass is 32.2. The summed E-state index contributed by atoms with van der Waals surface area (Å²) in [6.07, 6.45) is 2.66. The molecule has 60 heavy (non-hydrogen) atoms. The third-order valence-electron chi connectivity index (χ3n) is 9.70. The van der Waals surface area contributed by atoms with Crippen LogP contribution in [-0.4, -0.2) is 68.3 Å². The van der Waals surface area contributed by atoms with Gasteiger partial charge in [0.25, 0.3) is 11.8 Å². The second-order valence-electron chi connectivity index (χ2n) is 13.7. The van der Waals surface area contributed by atoms with Crippen LogP contribution in [0.1, 0.15) is 62.6 Å². The highest BCUT2D eigenvalue weighted by Crippen LogP contribution is 2.39. The van der Waals surface area contributed by atoms with Crippen LogP contribution in [0.5, 0.6) is 17.2 Å². The zero-order valence-electron chi connectivity index (χ0n) is 34.2. The maximum Gasteiger partial charge on any atom is 0.341 e. The molecule has 1 aliphatic rings. The van der Waals surface area contributed by atoms with Crippen molar-refractivity contribution in [1.29, 1.82) is 0 Å². The first-order chi connectivity index (χ1) is 29.1. The van der Waals surface area contributed by atoms with E-state index in [0.717, 1.165) is 28.4 Å². The molecule has 0 fully saturated rings. The number of anilines is 2. The molecule has 5 aromatic rings. The van der Waals surface area contributed by atoms with E-state index in [1.54, 1.807) is 67.6 Å². The summed E-state index contributed by atoms with van der Waals surface area (Å²) < 4.78 is 22.0. The largest absolute Gasteiger partial charge is 0.496 e. The van der Waals surface area contributed by atoms with Crippen molar-refractivity contribution in [3.05, 3.63) is 135 Å². The maximum absolute atomic E-state index is 14.0. The second kappa shape index (κ2) is 20.7. The summed E-state index contributed by atoms with van der Waals surface area (Å²) in [6.45, 7) is 6.14. The first kappa shape index (κ1) is 43.5. The van der Waals surface area contributed by atoms with Gasteiger partial charge in [0.05, 0.1) is 38.7 Å².